The van der Waals surface area contributed by atoms with Crippen LogP contribution in [0.3, 0.4) is 0 Å². The Hall–Kier alpha value is -3.83. The summed E-state index contributed by atoms with van der Waals surface area (Å²) in [4.78, 5) is 16.8. The zero-order valence-electron chi connectivity index (χ0n) is 24.1. The van der Waals surface area contributed by atoms with E-state index in [1.165, 1.54) is 37.8 Å². The van der Waals surface area contributed by atoms with Crippen LogP contribution in [0.2, 0.25) is 0 Å². The molecule has 11 heteroatoms. The van der Waals surface area contributed by atoms with Crippen LogP contribution in [0.25, 0.3) is 0 Å². The first kappa shape index (κ1) is 29.3. The average molecular weight is 609 g/mol. The van der Waals surface area contributed by atoms with E-state index in [0.717, 1.165) is 12.0 Å². The molecule has 1 saturated carbocycles. The molecule has 228 valence electrons. The minimum absolute atomic E-state index is 0.0530. The highest BCUT2D eigenvalue weighted by Gasteiger charge is 2.27. The number of nitrogens with one attached hydrogen (secondary N) is 2. The van der Waals surface area contributed by atoms with Crippen LogP contribution in [-0.4, -0.2) is 47.3 Å². The van der Waals surface area contributed by atoms with Gasteiger partial charge < -0.3 is 24.6 Å². The molecule has 2 fully saturated rings. The number of carbonyl (C=O) groups excluding carboxylic acids is 1. The SMILES string of the molecule is O=C(CCC1CCCC1)Nc1ccc(N2CCN(c3ccccc3F)CC2)c(S(=O)(=O)NCc2ccc3c(c2)OCO3)c1. The molecule has 0 spiro atoms. The molecular weight excluding hydrogens is 571 g/mol. The molecule has 1 amide bonds. The number of sulfonamides is 1. The van der Waals surface area contributed by atoms with Crippen LogP contribution in [-0.2, 0) is 21.4 Å². The molecule has 0 atom stereocenters. The number of para-hydroxylation sites is 1. The fraction of sp³-hybridized carbons (Fsp3) is 0.406. The number of fused-ring (bicyclic) bond motifs is 1. The predicted molar refractivity (Wildman–Crippen MR) is 164 cm³/mol. The number of anilines is 3. The van der Waals surface area contributed by atoms with Crippen molar-refractivity contribution in [2.24, 2.45) is 5.92 Å². The summed E-state index contributed by atoms with van der Waals surface area (Å²) < 4.78 is 55.5. The molecule has 6 rings (SSSR count). The van der Waals surface area contributed by atoms with Gasteiger partial charge in [-0.25, -0.2) is 17.5 Å². The number of amides is 1. The Kier molecular flexibility index (Phi) is 8.71. The molecule has 9 nitrogen and oxygen atoms in total. The molecule has 3 aromatic rings. The van der Waals surface area contributed by atoms with Crippen molar-refractivity contribution >= 4 is 33.0 Å². The van der Waals surface area contributed by atoms with Crippen LogP contribution in [0.15, 0.2) is 65.6 Å². The number of piperazine rings is 1. The van der Waals surface area contributed by atoms with E-state index < -0.39 is 10.0 Å². The average Bonchev–Trinajstić information content (AvgIpc) is 3.72. The van der Waals surface area contributed by atoms with E-state index in [1.54, 1.807) is 42.5 Å². The largest absolute Gasteiger partial charge is 0.454 e. The van der Waals surface area contributed by atoms with Gasteiger partial charge in [0.15, 0.2) is 11.5 Å². The summed E-state index contributed by atoms with van der Waals surface area (Å²) in [5, 5.41) is 2.92. The molecule has 3 aliphatic rings. The molecule has 0 radical (unpaired) electrons. The lowest BCUT2D eigenvalue weighted by molar-refractivity contribution is -0.116. The number of halogens is 1. The van der Waals surface area contributed by atoms with Crippen molar-refractivity contribution in [1.29, 1.82) is 0 Å². The van der Waals surface area contributed by atoms with E-state index in [4.69, 9.17) is 9.47 Å². The fourth-order valence-electron chi connectivity index (χ4n) is 6.13. The van der Waals surface area contributed by atoms with Gasteiger partial charge in [-0.1, -0.05) is 43.9 Å². The number of rotatable bonds is 10. The maximum atomic E-state index is 14.4. The summed E-state index contributed by atoms with van der Waals surface area (Å²) in [5.74, 6) is 1.40. The van der Waals surface area contributed by atoms with Gasteiger partial charge >= 0.3 is 0 Å². The second-order valence-corrected chi connectivity index (χ2v) is 13.1. The van der Waals surface area contributed by atoms with E-state index in [2.05, 4.69) is 10.0 Å². The van der Waals surface area contributed by atoms with Crippen molar-refractivity contribution < 1.29 is 27.1 Å². The highest BCUT2D eigenvalue weighted by Crippen LogP contribution is 2.34. The Labute approximate surface area is 252 Å². The lowest BCUT2D eigenvalue weighted by Gasteiger charge is -2.38. The Bertz CT molecular complexity index is 1570. The van der Waals surface area contributed by atoms with E-state index in [-0.39, 0.29) is 30.0 Å². The Morgan fingerprint density at radius 3 is 2.37 bits per heavy atom. The number of hydrogen-bond acceptors (Lipinski definition) is 7. The monoisotopic (exact) mass is 608 g/mol. The molecule has 2 aliphatic heterocycles. The van der Waals surface area contributed by atoms with Crippen LogP contribution < -0.4 is 29.3 Å². The molecular formula is C32H37FN4O5S. The van der Waals surface area contributed by atoms with Gasteiger partial charge in [-0.05, 0) is 60.4 Å². The summed E-state index contributed by atoms with van der Waals surface area (Å²) in [6.07, 6.45) is 6.05. The number of benzene rings is 3. The highest BCUT2D eigenvalue weighted by molar-refractivity contribution is 7.89. The van der Waals surface area contributed by atoms with Crippen molar-refractivity contribution in [3.63, 3.8) is 0 Å². The first-order chi connectivity index (χ1) is 20.9. The lowest BCUT2D eigenvalue weighted by Crippen LogP contribution is -2.47. The maximum Gasteiger partial charge on any atom is 0.243 e. The summed E-state index contributed by atoms with van der Waals surface area (Å²) in [6.45, 7) is 2.27. The van der Waals surface area contributed by atoms with Gasteiger partial charge in [0.2, 0.25) is 22.7 Å². The van der Waals surface area contributed by atoms with Crippen molar-refractivity contribution in [1.82, 2.24) is 4.72 Å². The molecule has 0 bridgehead atoms. The van der Waals surface area contributed by atoms with Gasteiger partial charge in [-0.2, -0.15) is 0 Å². The number of hydrogen-bond donors (Lipinski definition) is 2. The second kappa shape index (κ2) is 12.8. The molecule has 0 aromatic heterocycles. The summed E-state index contributed by atoms with van der Waals surface area (Å²) in [6, 6.07) is 17.0. The maximum absolute atomic E-state index is 14.4. The van der Waals surface area contributed by atoms with Crippen LogP contribution in [0.1, 0.15) is 44.1 Å². The Balaban J connectivity index is 1.20. The van der Waals surface area contributed by atoms with Crippen LogP contribution >= 0.6 is 0 Å². The topological polar surface area (TPSA) is 100 Å². The van der Waals surface area contributed by atoms with Gasteiger partial charge in [0.1, 0.15) is 10.7 Å². The molecule has 0 unspecified atom stereocenters. The third kappa shape index (κ3) is 6.88. The van der Waals surface area contributed by atoms with Gasteiger partial charge in [-0.3, -0.25) is 4.79 Å². The number of nitrogens with zero attached hydrogens (tertiary/aromatic N) is 2. The summed E-state index contributed by atoms with van der Waals surface area (Å²) >= 11 is 0. The smallest absolute Gasteiger partial charge is 0.243 e. The van der Waals surface area contributed by atoms with Crippen molar-refractivity contribution in [3.8, 4) is 11.5 Å². The Morgan fingerprint density at radius 1 is 0.884 bits per heavy atom. The Morgan fingerprint density at radius 2 is 1.60 bits per heavy atom. The molecule has 2 N–H and O–H groups in total. The normalized spacial score (nSPS) is 17.0. The first-order valence-corrected chi connectivity index (χ1v) is 16.4. The standard InChI is InChI=1S/C32H37FN4O5S/c33-26-7-3-4-8-27(26)36-15-17-37(18-16-36)28-12-11-25(35-32(38)14-10-23-5-1-2-6-23)20-31(28)43(39,40)34-21-24-9-13-29-30(19-24)42-22-41-29/h3-4,7-9,11-13,19-20,23,34H,1-2,5-6,10,14-18,21-22H2,(H,35,38). The van der Waals surface area contributed by atoms with Crippen LogP contribution in [0, 0.1) is 11.7 Å². The van der Waals surface area contributed by atoms with Gasteiger partial charge in [0, 0.05) is 44.8 Å². The van der Waals surface area contributed by atoms with E-state index in [9.17, 15) is 17.6 Å². The molecule has 3 aromatic carbocycles. The fourth-order valence-corrected chi connectivity index (χ4v) is 7.40. The third-order valence-electron chi connectivity index (χ3n) is 8.50. The molecule has 1 aliphatic carbocycles. The first-order valence-electron chi connectivity index (χ1n) is 14.9. The predicted octanol–water partition coefficient (Wildman–Crippen LogP) is 5.27. The number of ether oxygens (including phenoxy) is 2. The zero-order chi connectivity index (χ0) is 29.8. The number of carbonyl (C=O) groups is 1. The molecule has 43 heavy (non-hydrogen) atoms. The quantitative estimate of drug-likeness (QED) is 0.324. The summed E-state index contributed by atoms with van der Waals surface area (Å²) in [7, 11) is -4.00. The van der Waals surface area contributed by atoms with Crippen LogP contribution in [0.5, 0.6) is 11.5 Å². The van der Waals surface area contributed by atoms with Gasteiger partial charge in [-0.15, -0.1) is 0 Å². The third-order valence-corrected chi connectivity index (χ3v) is 9.93. The van der Waals surface area contributed by atoms with Crippen molar-refractivity contribution in [3.05, 3.63) is 72.0 Å². The minimum atomic E-state index is -4.00. The van der Waals surface area contributed by atoms with Gasteiger partial charge in [0.05, 0.1) is 11.4 Å². The zero-order valence-corrected chi connectivity index (χ0v) is 24.9. The van der Waals surface area contributed by atoms with Crippen molar-refractivity contribution in [2.45, 2.75) is 50.0 Å². The van der Waals surface area contributed by atoms with E-state index >= 15 is 0 Å². The van der Waals surface area contributed by atoms with Gasteiger partial charge in [0.25, 0.3) is 0 Å². The van der Waals surface area contributed by atoms with E-state index in [1.807, 2.05) is 15.9 Å². The van der Waals surface area contributed by atoms with E-state index in [0.29, 0.717) is 67.1 Å². The lowest BCUT2D eigenvalue weighted by atomic mass is 10.0. The minimum Gasteiger partial charge on any atom is -0.454 e. The summed E-state index contributed by atoms with van der Waals surface area (Å²) in [5.41, 5.74) is 2.24. The molecule has 2 heterocycles. The second-order valence-electron chi connectivity index (χ2n) is 11.4. The molecule has 1 saturated heterocycles. The highest BCUT2D eigenvalue weighted by atomic mass is 32.2. The van der Waals surface area contributed by atoms with Crippen molar-refractivity contribution in [2.75, 3.05) is 48.1 Å². The van der Waals surface area contributed by atoms with Crippen LogP contribution in [0.4, 0.5) is 21.5 Å².